The van der Waals surface area contributed by atoms with Gasteiger partial charge in [0.05, 0.1) is 18.1 Å². The Labute approximate surface area is 142 Å². The summed E-state index contributed by atoms with van der Waals surface area (Å²) < 4.78 is 49.0. The number of halogens is 3. The molecule has 1 aromatic carbocycles. The number of amides is 1. The summed E-state index contributed by atoms with van der Waals surface area (Å²) in [6, 6.07) is 4.02. The van der Waals surface area contributed by atoms with Crippen LogP contribution in [-0.2, 0) is 20.5 Å². The first-order chi connectivity index (χ1) is 11.7. The molecule has 0 aliphatic carbocycles. The number of carbonyl (C=O) groups is 2. The second kappa shape index (κ2) is 7.73. The normalized spacial score (nSPS) is 20.6. The molecule has 0 saturated carbocycles. The fourth-order valence-electron chi connectivity index (χ4n) is 2.79. The van der Waals surface area contributed by atoms with Crippen molar-refractivity contribution in [2.24, 2.45) is 0 Å². The first kappa shape index (κ1) is 19.0. The van der Waals surface area contributed by atoms with E-state index in [2.05, 4.69) is 0 Å². The summed E-state index contributed by atoms with van der Waals surface area (Å²) >= 11 is 0. The molecule has 1 saturated heterocycles. The summed E-state index contributed by atoms with van der Waals surface area (Å²) in [4.78, 5) is 24.5. The van der Waals surface area contributed by atoms with Gasteiger partial charge in [-0.15, -0.1) is 0 Å². The van der Waals surface area contributed by atoms with Crippen molar-refractivity contribution in [2.45, 2.75) is 31.2 Å². The molecule has 2 unspecified atom stereocenters. The molecule has 1 N–H and O–H groups in total. The molecule has 6 nitrogen and oxygen atoms in total. The molecule has 0 radical (unpaired) electrons. The highest BCUT2D eigenvalue weighted by Crippen LogP contribution is 2.36. The van der Waals surface area contributed by atoms with Crippen molar-refractivity contribution in [1.29, 1.82) is 0 Å². The molecule has 1 aliphatic rings. The molecule has 1 aliphatic heterocycles. The van der Waals surface area contributed by atoms with Gasteiger partial charge in [0, 0.05) is 19.7 Å². The van der Waals surface area contributed by atoms with Gasteiger partial charge in [0.15, 0.2) is 6.61 Å². The monoisotopic (exact) mass is 361 g/mol. The highest BCUT2D eigenvalue weighted by molar-refractivity contribution is 5.79. The molecule has 2 rings (SSSR count). The second-order valence-corrected chi connectivity index (χ2v) is 5.67. The number of carboxylic acid groups (broad SMARTS) is 1. The van der Waals surface area contributed by atoms with Crippen LogP contribution in [0.5, 0.6) is 5.75 Å². The lowest BCUT2D eigenvalue weighted by Gasteiger charge is -2.23. The van der Waals surface area contributed by atoms with E-state index < -0.39 is 42.0 Å². The van der Waals surface area contributed by atoms with Crippen molar-refractivity contribution < 1.29 is 37.3 Å². The summed E-state index contributed by atoms with van der Waals surface area (Å²) in [5.74, 6) is -2.09. The maximum absolute atomic E-state index is 12.9. The number of carbonyl (C=O) groups excluding carboxylic acids is 1. The van der Waals surface area contributed by atoms with Crippen LogP contribution in [0.1, 0.15) is 18.4 Å². The highest BCUT2D eigenvalue weighted by Gasteiger charge is 2.37. The number of hydrogen-bond acceptors (Lipinski definition) is 4. The van der Waals surface area contributed by atoms with Gasteiger partial charge < -0.3 is 19.5 Å². The van der Waals surface area contributed by atoms with E-state index in [1.165, 1.54) is 24.1 Å². The van der Waals surface area contributed by atoms with E-state index in [0.29, 0.717) is 6.42 Å². The molecule has 0 aromatic heterocycles. The summed E-state index contributed by atoms with van der Waals surface area (Å²) in [5.41, 5.74) is -0.971. The zero-order valence-corrected chi connectivity index (χ0v) is 13.5. The number of nitrogens with zero attached hydrogens (tertiary/aromatic N) is 1. The largest absolute Gasteiger partial charge is 0.483 e. The Kier molecular flexibility index (Phi) is 5.89. The molecule has 1 aromatic rings. The van der Waals surface area contributed by atoms with Gasteiger partial charge >= 0.3 is 12.1 Å². The topological polar surface area (TPSA) is 76.1 Å². The van der Waals surface area contributed by atoms with Crippen LogP contribution in [0.2, 0.25) is 0 Å². The predicted molar refractivity (Wildman–Crippen MR) is 80.1 cm³/mol. The Morgan fingerprint density at radius 2 is 2.00 bits per heavy atom. The Morgan fingerprint density at radius 1 is 1.32 bits per heavy atom. The van der Waals surface area contributed by atoms with Crippen LogP contribution in [0.25, 0.3) is 0 Å². The number of likely N-dealkylation sites (tertiary alicyclic amines) is 1. The molecule has 25 heavy (non-hydrogen) atoms. The highest BCUT2D eigenvalue weighted by atomic mass is 19.4. The summed E-state index contributed by atoms with van der Waals surface area (Å²) in [5, 5.41) is 8.93. The minimum absolute atomic E-state index is 0.178. The Morgan fingerprint density at radius 3 is 2.60 bits per heavy atom. The van der Waals surface area contributed by atoms with Crippen molar-refractivity contribution in [3.63, 3.8) is 0 Å². The van der Waals surface area contributed by atoms with Crippen LogP contribution in [0.3, 0.4) is 0 Å². The number of ether oxygens (including phenoxy) is 2. The van der Waals surface area contributed by atoms with Gasteiger partial charge in [-0.3, -0.25) is 9.59 Å². The standard InChI is InChI=1S/C16H18F3NO5/c1-24-11-6-10(7-15(22)23)20(8-11)14(21)9-25-13-5-3-2-4-12(13)16(17,18)19/h2-5,10-11H,6-9H2,1H3,(H,22,23). The number of rotatable bonds is 6. The van der Waals surface area contributed by atoms with Crippen LogP contribution in [0.15, 0.2) is 24.3 Å². The third-order valence-corrected chi connectivity index (χ3v) is 3.98. The Bertz CT molecular complexity index is 634. The van der Waals surface area contributed by atoms with Gasteiger partial charge in [-0.2, -0.15) is 13.2 Å². The molecular weight excluding hydrogens is 343 g/mol. The molecule has 1 fully saturated rings. The Balaban J connectivity index is 2.05. The second-order valence-electron chi connectivity index (χ2n) is 5.67. The molecule has 1 heterocycles. The zero-order chi connectivity index (χ0) is 18.6. The van der Waals surface area contributed by atoms with Crippen molar-refractivity contribution in [1.82, 2.24) is 4.90 Å². The van der Waals surface area contributed by atoms with Gasteiger partial charge in [0.1, 0.15) is 5.75 Å². The van der Waals surface area contributed by atoms with E-state index >= 15 is 0 Å². The SMILES string of the molecule is COC1CC(CC(=O)O)N(C(=O)COc2ccccc2C(F)(F)F)C1. The van der Waals surface area contributed by atoms with E-state index in [4.69, 9.17) is 14.6 Å². The van der Waals surface area contributed by atoms with Gasteiger partial charge in [-0.25, -0.2) is 0 Å². The van der Waals surface area contributed by atoms with E-state index in [1.807, 2.05) is 0 Å². The summed E-state index contributed by atoms with van der Waals surface area (Å²) in [6.45, 7) is -0.433. The lowest BCUT2D eigenvalue weighted by Crippen LogP contribution is -2.40. The van der Waals surface area contributed by atoms with Crippen molar-refractivity contribution in [3.8, 4) is 5.75 Å². The number of hydrogen-bond donors (Lipinski definition) is 1. The molecule has 138 valence electrons. The lowest BCUT2D eigenvalue weighted by molar-refractivity contribution is -0.143. The fraction of sp³-hybridized carbons (Fsp3) is 0.500. The average molecular weight is 361 g/mol. The van der Waals surface area contributed by atoms with Crippen LogP contribution in [0, 0.1) is 0 Å². The quantitative estimate of drug-likeness (QED) is 0.841. The predicted octanol–water partition coefficient (Wildman–Crippen LogP) is 2.17. The molecule has 1 amide bonds. The fourth-order valence-corrected chi connectivity index (χ4v) is 2.79. The number of para-hydroxylation sites is 1. The molecular formula is C16H18F3NO5. The average Bonchev–Trinajstić information content (AvgIpc) is 2.94. The smallest absolute Gasteiger partial charge is 0.419 e. The minimum atomic E-state index is -4.60. The number of benzene rings is 1. The summed E-state index contributed by atoms with van der Waals surface area (Å²) in [7, 11) is 1.45. The van der Waals surface area contributed by atoms with E-state index in [0.717, 1.165) is 12.1 Å². The van der Waals surface area contributed by atoms with Gasteiger partial charge in [-0.05, 0) is 18.6 Å². The number of alkyl halides is 3. The number of methoxy groups -OCH3 is 1. The zero-order valence-electron chi connectivity index (χ0n) is 13.5. The van der Waals surface area contributed by atoms with Gasteiger partial charge in [0.2, 0.25) is 0 Å². The van der Waals surface area contributed by atoms with Crippen molar-refractivity contribution >= 4 is 11.9 Å². The summed E-state index contributed by atoms with van der Waals surface area (Å²) in [6.07, 6.45) is -4.81. The molecule has 9 heteroatoms. The van der Waals surface area contributed by atoms with E-state index in [9.17, 15) is 22.8 Å². The van der Waals surface area contributed by atoms with E-state index in [1.54, 1.807) is 0 Å². The Hall–Kier alpha value is -2.29. The van der Waals surface area contributed by atoms with Crippen molar-refractivity contribution in [2.75, 3.05) is 20.3 Å². The minimum Gasteiger partial charge on any atom is -0.483 e. The first-order valence-corrected chi connectivity index (χ1v) is 7.55. The van der Waals surface area contributed by atoms with Gasteiger partial charge in [-0.1, -0.05) is 12.1 Å². The molecule has 0 spiro atoms. The van der Waals surface area contributed by atoms with Crippen molar-refractivity contribution in [3.05, 3.63) is 29.8 Å². The molecule has 2 atom stereocenters. The maximum atomic E-state index is 12.9. The van der Waals surface area contributed by atoms with Gasteiger partial charge in [0.25, 0.3) is 5.91 Å². The number of carboxylic acids is 1. The van der Waals surface area contributed by atoms with Crippen LogP contribution in [-0.4, -0.2) is 54.3 Å². The van der Waals surface area contributed by atoms with E-state index in [-0.39, 0.29) is 19.1 Å². The maximum Gasteiger partial charge on any atom is 0.419 e. The number of aliphatic carboxylic acids is 1. The third-order valence-electron chi connectivity index (χ3n) is 3.98. The van der Waals surface area contributed by atoms with Crippen LogP contribution >= 0.6 is 0 Å². The third kappa shape index (κ3) is 4.85. The van der Waals surface area contributed by atoms with Crippen LogP contribution < -0.4 is 4.74 Å². The van der Waals surface area contributed by atoms with Crippen LogP contribution in [0.4, 0.5) is 13.2 Å². The first-order valence-electron chi connectivity index (χ1n) is 7.55. The lowest BCUT2D eigenvalue weighted by atomic mass is 10.1. The molecule has 0 bridgehead atoms.